The molecule has 25 heavy (non-hydrogen) atoms. The van der Waals surface area contributed by atoms with Gasteiger partial charge in [-0.1, -0.05) is 22.9 Å². The topological polar surface area (TPSA) is 72.7 Å². The van der Waals surface area contributed by atoms with Gasteiger partial charge in [-0.3, -0.25) is 10.1 Å². The molecule has 1 fully saturated rings. The number of aromatic nitrogens is 4. The van der Waals surface area contributed by atoms with E-state index in [-0.39, 0.29) is 16.5 Å². The number of aryl methyl sites for hydroxylation is 1. The minimum atomic E-state index is -0.394. The van der Waals surface area contributed by atoms with Crippen LogP contribution >= 0.6 is 22.9 Å². The van der Waals surface area contributed by atoms with E-state index in [0.717, 1.165) is 17.8 Å². The van der Waals surface area contributed by atoms with E-state index < -0.39 is 5.91 Å². The van der Waals surface area contributed by atoms with Crippen molar-refractivity contribution in [2.24, 2.45) is 0 Å². The summed E-state index contributed by atoms with van der Waals surface area (Å²) in [5.74, 6) is -0.270. The fraction of sp³-hybridized carbons (Fsp3) is 0.250. The molecule has 3 aromatic rings. The first-order valence-electron chi connectivity index (χ1n) is 7.68. The van der Waals surface area contributed by atoms with Crippen molar-refractivity contribution < 1.29 is 9.18 Å². The van der Waals surface area contributed by atoms with Crippen LogP contribution in [-0.4, -0.2) is 25.9 Å². The molecule has 1 N–H and O–H groups in total. The van der Waals surface area contributed by atoms with E-state index in [2.05, 4.69) is 20.6 Å². The molecule has 4 rings (SSSR count). The first kappa shape index (κ1) is 16.2. The molecular weight excluding hydrogens is 365 g/mol. The Morgan fingerprint density at radius 2 is 2.04 bits per heavy atom. The molecule has 9 heteroatoms. The third kappa shape index (κ3) is 3.14. The second-order valence-corrected chi connectivity index (χ2v) is 7.18. The number of carbonyl (C=O) groups is 1. The van der Waals surface area contributed by atoms with Crippen LogP contribution < -0.4 is 5.32 Å². The van der Waals surface area contributed by atoms with Gasteiger partial charge in [0.25, 0.3) is 5.91 Å². The van der Waals surface area contributed by atoms with E-state index in [9.17, 15) is 9.18 Å². The van der Waals surface area contributed by atoms with Crippen molar-refractivity contribution >= 4 is 34.0 Å². The number of benzene rings is 1. The summed E-state index contributed by atoms with van der Waals surface area (Å²) >= 11 is 7.72. The number of carbonyl (C=O) groups excluding carboxylic acids is 1. The van der Waals surface area contributed by atoms with Crippen molar-refractivity contribution in [1.82, 2.24) is 20.0 Å². The van der Waals surface area contributed by atoms with Crippen LogP contribution in [0.2, 0.25) is 5.15 Å². The van der Waals surface area contributed by atoms with Crippen molar-refractivity contribution in [2.75, 3.05) is 5.32 Å². The minimum absolute atomic E-state index is 0.161. The largest absolute Gasteiger partial charge is 0.296 e. The van der Waals surface area contributed by atoms with Crippen molar-refractivity contribution in [3.8, 4) is 5.69 Å². The third-order valence-corrected chi connectivity index (χ3v) is 5.24. The van der Waals surface area contributed by atoms with E-state index in [0.29, 0.717) is 22.4 Å². The van der Waals surface area contributed by atoms with Gasteiger partial charge in [-0.25, -0.2) is 9.07 Å². The van der Waals surface area contributed by atoms with Crippen LogP contribution in [0.3, 0.4) is 0 Å². The van der Waals surface area contributed by atoms with Gasteiger partial charge in [0.1, 0.15) is 21.5 Å². The maximum Gasteiger partial charge on any atom is 0.262 e. The number of rotatable bonds is 4. The lowest BCUT2D eigenvalue weighted by Crippen LogP contribution is -2.13. The molecule has 6 nitrogen and oxygen atoms in total. The molecule has 0 saturated heterocycles. The van der Waals surface area contributed by atoms with Crippen molar-refractivity contribution in [2.45, 2.75) is 25.7 Å². The Morgan fingerprint density at radius 1 is 1.32 bits per heavy atom. The van der Waals surface area contributed by atoms with Gasteiger partial charge in [0, 0.05) is 5.92 Å². The minimum Gasteiger partial charge on any atom is -0.296 e. The van der Waals surface area contributed by atoms with Gasteiger partial charge in [-0.15, -0.1) is 10.2 Å². The standard InChI is InChI=1S/C16H13ClFN5OS/c1-8-12(13(17)23(22-8)11-6-4-10(18)5-7-11)14(24)19-16-21-20-15(25-16)9-2-3-9/h4-7,9H,2-3H2,1H3,(H,19,21,24). The van der Waals surface area contributed by atoms with E-state index >= 15 is 0 Å². The zero-order valence-electron chi connectivity index (χ0n) is 13.2. The second kappa shape index (κ2) is 6.20. The molecule has 1 saturated carbocycles. The quantitative estimate of drug-likeness (QED) is 0.747. The highest BCUT2D eigenvalue weighted by molar-refractivity contribution is 7.15. The van der Waals surface area contributed by atoms with Crippen molar-refractivity contribution in [1.29, 1.82) is 0 Å². The van der Waals surface area contributed by atoms with Crippen LogP contribution in [0.1, 0.15) is 39.8 Å². The molecule has 0 unspecified atom stereocenters. The fourth-order valence-electron chi connectivity index (χ4n) is 2.45. The molecule has 128 valence electrons. The number of hydrogen-bond donors (Lipinski definition) is 1. The number of halogens is 2. The van der Waals surface area contributed by atoms with E-state index in [4.69, 9.17) is 11.6 Å². The highest BCUT2D eigenvalue weighted by Gasteiger charge is 2.28. The Hall–Kier alpha value is -2.32. The van der Waals surface area contributed by atoms with Crippen LogP contribution in [-0.2, 0) is 0 Å². The predicted octanol–water partition coefficient (Wildman–Crippen LogP) is 3.95. The van der Waals surface area contributed by atoms with Crippen LogP contribution in [0.5, 0.6) is 0 Å². The number of nitrogens with zero attached hydrogens (tertiary/aromatic N) is 4. The van der Waals surface area contributed by atoms with Gasteiger partial charge in [0.2, 0.25) is 5.13 Å². The van der Waals surface area contributed by atoms with E-state index in [1.54, 1.807) is 19.1 Å². The fourth-order valence-corrected chi connectivity index (χ4v) is 3.72. The summed E-state index contributed by atoms with van der Waals surface area (Å²) in [7, 11) is 0. The van der Waals surface area contributed by atoms with Gasteiger partial charge >= 0.3 is 0 Å². The van der Waals surface area contributed by atoms with Gasteiger partial charge in [0.05, 0.1) is 11.4 Å². The summed E-state index contributed by atoms with van der Waals surface area (Å²) in [6.07, 6.45) is 2.25. The zero-order chi connectivity index (χ0) is 17.6. The number of amides is 1. The summed E-state index contributed by atoms with van der Waals surface area (Å²) in [6, 6.07) is 5.70. The van der Waals surface area contributed by atoms with E-state index in [1.807, 2.05) is 0 Å². The van der Waals surface area contributed by atoms with Gasteiger partial charge in [-0.2, -0.15) is 5.10 Å². The molecular formula is C16H13ClFN5OS. The summed E-state index contributed by atoms with van der Waals surface area (Å²) in [4.78, 5) is 12.6. The molecule has 0 spiro atoms. The predicted molar refractivity (Wildman–Crippen MR) is 93.1 cm³/mol. The first-order chi connectivity index (χ1) is 12.0. The second-order valence-electron chi connectivity index (χ2n) is 5.81. The highest BCUT2D eigenvalue weighted by atomic mass is 35.5. The smallest absolute Gasteiger partial charge is 0.262 e. The molecule has 0 radical (unpaired) electrons. The number of hydrogen-bond acceptors (Lipinski definition) is 5. The molecule has 0 aliphatic heterocycles. The van der Waals surface area contributed by atoms with Crippen molar-refractivity contribution in [3.05, 3.63) is 51.5 Å². The Balaban J connectivity index is 1.60. The Bertz CT molecular complexity index is 948. The van der Waals surface area contributed by atoms with Crippen molar-refractivity contribution in [3.63, 3.8) is 0 Å². The lowest BCUT2D eigenvalue weighted by molar-refractivity contribution is 0.102. The summed E-state index contributed by atoms with van der Waals surface area (Å²) in [5, 5.41) is 16.7. The number of nitrogens with one attached hydrogen (secondary N) is 1. The lowest BCUT2D eigenvalue weighted by Gasteiger charge is -2.03. The van der Waals surface area contributed by atoms with Crippen LogP contribution in [0, 0.1) is 12.7 Å². The molecule has 1 amide bonds. The maximum absolute atomic E-state index is 13.1. The Morgan fingerprint density at radius 3 is 2.72 bits per heavy atom. The summed E-state index contributed by atoms with van der Waals surface area (Å²) < 4.78 is 14.5. The molecule has 0 atom stereocenters. The van der Waals surface area contributed by atoms with Crippen LogP contribution in [0.25, 0.3) is 5.69 Å². The molecule has 1 aliphatic carbocycles. The van der Waals surface area contributed by atoms with Gasteiger partial charge in [-0.05, 0) is 44.0 Å². The number of anilines is 1. The highest BCUT2D eigenvalue weighted by Crippen LogP contribution is 2.42. The molecule has 1 aromatic carbocycles. The Labute approximate surface area is 151 Å². The van der Waals surface area contributed by atoms with Gasteiger partial charge < -0.3 is 0 Å². The average Bonchev–Trinajstić information content (AvgIpc) is 3.26. The monoisotopic (exact) mass is 377 g/mol. The summed E-state index contributed by atoms with van der Waals surface area (Å²) in [5.41, 5.74) is 1.30. The normalized spacial score (nSPS) is 13.9. The van der Waals surface area contributed by atoms with Crippen LogP contribution in [0.4, 0.5) is 9.52 Å². The zero-order valence-corrected chi connectivity index (χ0v) is 14.7. The first-order valence-corrected chi connectivity index (χ1v) is 8.88. The average molecular weight is 378 g/mol. The Kier molecular flexibility index (Phi) is 4.01. The maximum atomic E-state index is 13.1. The summed E-state index contributed by atoms with van der Waals surface area (Å²) in [6.45, 7) is 1.69. The van der Waals surface area contributed by atoms with Gasteiger partial charge in [0.15, 0.2) is 0 Å². The van der Waals surface area contributed by atoms with E-state index in [1.165, 1.54) is 28.2 Å². The molecule has 0 bridgehead atoms. The molecule has 2 aromatic heterocycles. The third-order valence-electron chi connectivity index (χ3n) is 3.89. The molecule has 2 heterocycles. The SMILES string of the molecule is Cc1nn(-c2ccc(F)cc2)c(Cl)c1C(=O)Nc1nnc(C2CC2)s1. The lowest BCUT2D eigenvalue weighted by atomic mass is 10.2. The molecule has 1 aliphatic rings. The van der Waals surface area contributed by atoms with Crippen LogP contribution in [0.15, 0.2) is 24.3 Å².